The van der Waals surface area contributed by atoms with E-state index in [1.165, 1.54) is 0 Å². The van der Waals surface area contributed by atoms with Gasteiger partial charge in [0.05, 0.1) is 0 Å². The van der Waals surface area contributed by atoms with E-state index in [9.17, 15) is 0 Å². The van der Waals surface area contributed by atoms with Crippen molar-refractivity contribution in [3.05, 3.63) is 12.2 Å². The van der Waals surface area contributed by atoms with Crippen LogP contribution in [-0.2, 0) is 0 Å². The largest absolute Gasteiger partial charge is 0.0919 e. The molecule has 0 aromatic heterocycles. The van der Waals surface area contributed by atoms with E-state index in [1.54, 1.807) is 0 Å². The first-order valence-electron chi connectivity index (χ1n) is 3.49. The maximum absolute atomic E-state index is 2.00. The summed E-state index contributed by atoms with van der Waals surface area (Å²) in [4.78, 5) is 0. The van der Waals surface area contributed by atoms with Crippen LogP contribution in [0.25, 0.3) is 0 Å². The van der Waals surface area contributed by atoms with E-state index < -0.39 is 0 Å². The maximum atomic E-state index is 2.00. The Morgan fingerprint density at radius 1 is 0.667 bits per heavy atom. The van der Waals surface area contributed by atoms with Gasteiger partial charge in [-0.2, -0.15) is 0 Å². The summed E-state index contributed by atoms with van der Waals surface area (Å²) in [5.74, 6) is 0. The zero-order valence-electron chi connectivity index (χ0n) is 7.15. The van der Waals surface area contributed by atoms with Gasteiger partial charge in [-0.3, -0.25) is 0 Å². The summed E-state index contributed by atoms with van der Waals surface area (Å²) in [7, 11) is 0. The Morgan fingerprint density at radius 2 is 0.778 bits per heavy atom. The molecule has 0 heteroatoms. The highest BCUT2D eigenvalue weighted by atomic mass is 13.4. The van der Waals surface area contributed by atoms with Gasteiger partial charge in [0.1, 0.15) is 0 Å². The molecular formula is C9H24. The van der Waals surface area contributed by atoms with Crippen LogP contribution in [0.1, 0.15) is 49.0 Å². The second-order valence-corrected chi connectivity index (χ2v) is 0.667. The van der Waals surface area contributed by atoms with Crippen LogP contribution in [0.15, 0.2) is 12.2 Å². The van der Waals surface area contributed by atoms with Crippen LogP contribution in [0.2, 0.25) is 0 Å². The average Bonchev–Trinajstić information content (AvgIpc) is 1.96. The first kappa shape index (κ1) is 23.3. The van der Waals surface area contributed by atoms with E-state index in [2.05, 4.69) is 0 Å². The van der Waals surface area contributed by atoms with Gasteiger partial charge in [-0.25, -0.2) is 0 Å². The third-order valence-corrected chi connectivity index (χ3v) is 0.333. The fraction of sp³-hybridized carbons (Fsp3) is 0.778. The van der Waals surface area contributed by atoms with Gasteiger partial charge in [0, 0.05) is 0 Å². The van der Waals surface area contributed by atoms with Crippen LogP contribution < -0.4 is 0 Å². The van der Waals surface area contributed by atoms with Gasteiger partial charge in [-0.15, -0.1) is 0 Å². The van der Waals surface area contributed by atoms with Gasteiger partial charge in [0.25, 0.3) is 0 Å². The van der Waals surface area contributed by atoms with Crippen molar-refractivity contribution < 1.29 is 0 Å². The van der Waals surface area contributed by atoms with Crippen molar-refractivity contribution in [3.8, 4) is 0 Å². The minimum absolute atomic E-state index is 0. The highest BCUT2D eigenvalue weighted by Gasteiger charge is 1.34. The molecule has 0 atom stereocenters. The summed E-state index contributed by atoms with van der Waals surface area (Å²) in [6, 6.07) is 0. The standard InChI is InChI=1S/C4H8.2C2H6.CH4/c1-3-4-2;2*1-2;/h3-4H,1-2H3;2*1-2H3;1H4/b4-3-;;;. The minimum atomic E-state index is 0. The lowest BCUT2D eigenvalue weighted by Crippen LogP contribution is -1.26. The summed E-state index contributed by atoms with van der Waals surface area (Å²) in [5, 5.41) is 0. The zero-order chi connectivity index (χ0) is 7.41. The van der Waals surface area contributed by atoms with Gasteiger partial charge in [-0.05, 0) is 13.8 Å². The second-order valence-electron chi connectivity index (χ2n) is 0.667. The van der Waals surface area contributed by atoms with Crippen LogP contribution in [0.5, 0.6) is 0 Å². The van der Waals surface area contributed by atoms with Gasteiger partial charge in [0.2, 0.25) is 0 Å². The molecule has 0 amide bonds. The SMILES string of the molecule is C.C/C=C\C.CC.CC. The summed E-state index contributed by atoms with van der Waals surface area (Å²) in [6.07, 6.45) is 4.00. The first-order valence-corrected chi connectivity index (χ1v) is 3.49. The lowest BCUT2D eigenvalue weighted by Gasteiger charge is -1.49. The Labute approximate surface area is 62.0 Å². The lowest BCUT2D eigenvalue weighted by molar-refractivity contribution is 1.50. The van der Waals surface area contributed by atoms with Crippen molar-refractivity contribution in [2.24, 2.45) is 0 Å². The van der Waals surface area contributed by atoms with Crippen molar-refractivity contribution in [2.75, 3.05) is 0 Å². The molecule has 0 unspecified atom stereocenters. The van der Waals surface area contributed by atoms with Gasteiger partial charge >= 0.3 is 0 Å². The van der Waals surface area contributed by atoms with Crippen LogP contribution >= 0.6 is 0 Å². The van der Waals surface area contributed by atoms with Crippen molar-refractivity contribution in [2.45, 2.75) is 49.0 Å². The molecule has 0 aliphatic heterocycles. The number of hydrogen-bond donors (Lipinski definition) is 0. The van der Waals surface area contributed by atoms with Crippen molar-refractivity contribution in [1.29, 1.82) is 0 Å². The van der Waals surface area contributed by atoms with Crippen LogP contribution in [0, 0.1) is 0 Å². The first-order chi connectivity index (χ1) is 3.91. The van der Waals surface area contributed by atoms with E-state index >= 15 is 0 Å². The van der Waals surface area contributed by atoms with E-state index in [0.29, 0.717) is 0 Å². The summed E-state index contributed by atoms with van der Waals surface area (Å²) >= 11 is 0. The quantitative estimate of drug-likeness (QED) is 0.432. The normalized spacial score (nSPS) is 5.56. The molecule has 0 aromatic carbocycles. The molecule has 0 bridgehead atoms. The second kappa shape index (κ2) is 116. The van der Waals surface area contributed by atoms with Crippen LogP contribution in [0.4, 0.5) is 0 Å². The summed E-state index contributed by atoms with van der Waals surface area (Å²) < 4.78 is 0. The molecule has 0 aromatic rings. The third kappa shape index (κ3) is 466. The minimum Gasteiger partial charge on any atom is -0.0919 e. The molecule has 0 heterocycles. The van der Waals surface area contributed by atoms with Crippen molar-refractivity contribution in [1.82, 2.24) is 0 Å². The predicted molar refractivity (Wildman–Crippen MR) is 49.9 cm³/mol. The smallest absolute Gasteiger partial charge is 0.0470 e. The molecule has 9 heavy (non-hydrogen) atoms. The molecule has 0 nitrogen and oxygen atoms in total. The number of rotatable bonds is 0. The van der Waals surface area contributed by atoms with E-state index in [4.69, 9.17) is 0 Å². The molecule has 0 rings (SSSR count). The Hall–Kier alpha value is -0.260. The number of hydrogen-bond acceptors (Lipinski definition) is 0. The molecule has 0 saturated carbocycles. The Bertz CT molecular complexity index is 15.2. The molecule has 0 spiro atoms. The lowest BCUT2D eigenvalue weighted by atomic mass is 10.6. The molecule has 60 valence electrons. The molecule has 0 fully saturated rings. The van der Waals surface area contributed by atoms with E-state index in [-0.39, 0.29) is 7.43 Å². The maximum Gasteiger partial charge on any atom is -0.0470 e. The average molecular weight is 132 g/mol. The molecule has 0 N–H and O–H groups in total. The summed E-state index contributed by atoms with van der Waals surface area (Å²) in [5.41, 5.74) is 0. The Morgan fingerprint density at radius 3 is 0.778 bits per heavy atom. The van der Waals surface area contributed by atoms with Gasteiger partial charge in [-0.1, -0.05) is 47.3 Å². The highest BCUT2D eigenvalue weighted by molar-refractivity contribution is 4.68. The van der Waals surface area contributed by atoms with Crippen molar-refractivity contribution >= 4 is 0 Å². The molecule has 0 saturated heterocycles. The van der Waals surface area contributed by atoms with Crippen LogP contribution in [-0.4, -0.2) is 0 Å². The number of allylic oxidation sites excluding steroid dienone is 2. The van der Waals surface area contributed by atoms with Gasteiger partial charge in [0.15, 0.2) is 0 Å². The summed E-state index contributed by atoms with van der Waals surface area (Å²) in [6.45, 7) is 12.0. The molecule has 0 aliphatic rings. The van der Waals surface area contributed by atoms with E-state index in [0.717, 1.165) is 0 Å². The predicted octanol–water partition coefficient (Wildman–Crippen LogP) is 4.27. The topological polar surface area (TPSA) is 0 Å². The Balaban J connectivity index is -0.0000000221. The highest BCUT2D eigenvalue weighted by Crippen LogP contribution is 1.57. The fourth-order valence-electron chi connectivity index (χ4n) is 0. The van der Waals surface area contributed by atoms with Crippen LogP contribution in [0.3, 0.4) is 0 Å². The zero-order valence-corrected chi connectivity index (χ0v) is 7.15. The fourth-order valence-corrected chi connectivity index (χ4v) is 0. The third-order valence-electron chi connectivity index (χ3n) is 0.333. The molecular weight excluding hydrogens is 108 g/mol. The van der Waals surface area contributed by atoms with E-state index in [1.807, 2.05) is 53.7 Å². The Kier molecular flexibility index (Phi) is 301. The van der Waals surface area contributed by atoms with Gasteiger partial charge < -0.3 is 0 Å². The molecule has 0 radical (unpaired) electrons. The van der Waals surface area contributed by atoms with Crippen molar-refractivity contribution in [3.63, 3.8) is 0 Å². The monoisotopic (exact) mass is 132 g/mol. The molecule has 0 aliphatic carbocycles.